The molecule has 3 heterocycles. The standard InChI is InChI=1S/C24H27N5O2/c1-17(2)19-4-3-5-21(13-19)29-16-20(14-23(29)30)24(31)28-10-8-27(9-11-28)22-12-18(15-25)6-7-26-22/h3-7,12-13,17,20H,8-11,14,16H2,1-2H3. The number of hydrogen-bond donors (Lipinski definition) is 0. The number of carbonyl (C=O) groups excluding carboxylic acids is 2. The second kappa shape index (κ2) is 8.76. The van der Waals surface area contributed by atoms with Crippen molar-refractivity contribution in [1.82, 2.24) is 9.88 Å². The molecular weight excluding hydrogens is 390 g/mol. The molecule has 4 rings (SSSR count). The van der Waals surface area contributed by atoms with E-state index in [-0.39, 0.29) is 24.2 Å². The first-order valence-electron chi connectivity index (χ1n) is 10.8. The van der Waals surface area contributed by atoms with Gasteiger partial charge in [-0.15, -0.1) is 0 Å². The van der Waals surface area contributed by atoms with Gasteiger partial charge in [0.1, 0.15) is 5.82 Å². The van der Waals surface area contributed by atoms with Gasteiger partial charge in [0, 0.05) is 51.0 Å². The Morgan fingerprint density at radius 3 is 2.65 bits per heavy atom. The Morgan fingerprint density at radius 2 is 1.94 bits per heavy atom. The molecule has 1 atom stereocenters. The molecule has 1 aromatic carbocycles. The van der Waals surface area contributed by atoms with Crippen molar-refractivity contribution in [3.8, 4) is 6.07 Å². The van der Waals surface area contributed by atoms with Crippen molar-refractivity contribution in [2.24, 2.45) is 5.92 Å². The Hall–Kier alpha value is -3.40. The van der Waals surface area contributed by atoms with E-state index in [0.717, 1.165) is 11.5 Å². The monoisotopic (exact) mass is 417 g/mol. The van der Waals surface area contributed by atoms with Crippen LogP contribution in [0.25, 0.3) is 0 Å². The van der Waals surface area contributed by atoms with Crippen LogP contribution in [0.3, 0.4) is 0 Å². The molecule has 0 aliphatic carbocycles. The number of hydrogen-bond acceptors (Lipinski definition) is 5. The van der Waals surface area contributed by atoms with E-state index < -0.39 is 0 Å². The van der Waals surface area contributed by atoms with Gasteiger partial charge in [-0.2, -0.15) is 5.26 Å². The van der Waals surface area contributed by atoms with E-state index in [4.69, 9.17) is 5.26 Å². The van der Waals surface area contributed by atoms with Crippen LogP contribution in [0.1, 0.15) is 37.3 Å². The molecule has 0 radical (unpaired) electrons. The zero-order valence-electron chi connectivity index (χ0n) is 18.0. The van der Waals surface area contributed by atoms with Gasteiger partial charge in [0.15, 0.2) is 0 Å². The molecule has 1 unspecified atom stereocenters. The van der Waals surface area contributed by atoms with Crippen LogP contribution >= 0.6 is 0 Å². The van der Waals surface area contributed by atoms with E-state index in [2.05, 4.69) is 41.9 Å². The van der Waals surface area contributed by atoms with Crippen molar-refractivity contribution < 1.29 is 9.59 Å². The molecular formula is C24H27N5O2. The van der Waals surface area contributed by atoms with Crippen LogP contribution in [0.4, 0.5) is 11.5 Å². The summed E-state index contributed by atoms with van der Waals surface area (Å²) in [4.78, 5) is 35.8. The van der Waals surface area contributed by atoms with Gasteiger partial charge in [0.2, 0.25) is 11.8 Å². The van der Waals surface area contributed by atoms with E-state index in [1.54, 1.807) is 23.2 Å². The highest BCUT2D eigenvalue weighted by molar-refractivity contribution is 6.00. The molecule has 1 aromatic heterocycles. The van der Waals surface area contributed by atoms with Crippen LogP contribution in [-0.2, 0) is 9.59 Å². The lowest BCUT2D eigenvalue weighted by Crippen LogP contribution is -2.51. The molecule has 2 fully saturated rings. The third-order valence-electron chi connectivity index (χ3n) is 6.11. The summed E-state index contributed by atoms with van der Waals surface area (Å²) in [6.07, 6.45) is 1.90. The van der Waals surface area contributed by atoms with Crippen LogP contribution in [0.2, 0.25) is 0 Å². The molecule has 2 aliphatic rings. The Bertz CT molecular complexity index is 1020. The lowest BCUT2D eigenvalue weighted by Gasteiger charge is -2.36. The normalized spacial score (nSPS) is 19.1. The number of carbonyl (C=O) groups is 2. The maximum Gasteiger partial charge on any atom is 0.228 e. The molecule has 31 heavy (non-hydrogen) atoms. The van der Waals surface area contributed by atoms with Crippen LogP contribution in [0.15, 0.2) is 42.6 Å². The number of pyridine rings is 1. The molecule has 2 aliphatic heterocycles. The van der Waals surface area contributed by atoms with Crippen LogP contribution < -0.4 is 9.80 Å². The van der Waals surface area contributed by atoms with Gasteiger partial charge in [-0.3, -0.25) is 9.59 Å². The van der Waals surface area contributed by atoms with E-state index in [1.165, 1.54) is 5.56 Å². The van der Waals surface area contributed by atoms with Gasteiger partial charge < -0.3 is 14.7 Å². The highest BCUT2D eigenvalue weighted by atomic mass is 16.2. The molecule has 160 valence electrons. The molecule has 0 N–H and O–H groups in total. The first-order valence-corrected chi connectivity index (χ1v) is 10.8. The van der Waals surface area contributed by atoms with Crippen LogP contribution in [-0.4, -0.2) is 54.4 Å². The van der Waals surface area contributed by atoms with E-state index in [9.17, 15) is 9.59 Å². The first-order chi connectivity index (χ1) is 15.0. The number of benzene rings is 1. The molecule has 2 aromatic rings. The van der Waals surface area contributed by atoms with Gasteiger partial charge in [0.05, 0.1) is 17.6 Å². The highest BCUT2D eigenvalue weighted by Gasteiger charge is 2.38. The average Bonchev–Trinajstić information content (AvgIpc) is 3.20. The second-order valence-corrected chi connectivity index (χ2v) is 8.48. The predicted octanol–water partition coefficient (Wildman–Crippen LogP) is 2.78. The average molecular weight is 418 g/mol. The van der Waals surface area contributed by atoms with E-state index >= 15 is 0 Å². The summed E-state index contributed by atoms with van der Waals surface area (Å²) in [5.74, 6) is 0.902. The number of aromatic nitrogens is 1. The molecule has 2 amide bonds. The molecule has 0 saturated carbocycles. The lowest BCUT2D eigenvalue weighted by molar-refractivity contribution is -0.136. The van der Waals surface area contributed by atoms with Gasteiger partial charge in [-0.25, -0.2) is 4.98 Å². The summed E-state index contributed by atoms with van der Waals surface area (Å²) in [6.45, 7) is 7.19. The van der Waals surface area contributed by atoms with Gasteiger partial charge in [0.25, 0.3) is 0 Å². The number of anilines is 2. The minimum atomic E-state index is -0.304. The summed E-state index contributed by atoms with van der Waals surface area (Å²) < 4.78 is 0. The lowest BCUT2D eigenvalue weighted by atomic mass is 10.0. The number of nitriles is 1. The second-order valence-electron chi connectivity index (χ2n) is 8.48. The minimum absolute atomic E-state index is 0.00964. The fourth-order valence-electron chi connectivity index (χ4n) is 4.25. The molecule has 7 heteroatoms. The quantitative estimate of drug-likeness (QED) is 0.764. The number of piperazine rings is 1. The van der Waals surface area contributed by atoms with Gasteiger partial charge in [-0.05, 0) is 35.7 Å². The van der Waals surface area contributed by atoms with Crippen molar-refractivity contribution in [3.63, 3.8) is 0 Å². The Balaban J connectivity index is 1.38. The highest BCUT2D eigenvalue weighted by Crippen LogP contribution is 2.29. The first kappa shape index (κ1) is 20.9. The van der Waals surface area contributed by atoms with Crippen molar-refractivity contribution in [2.75, 3.05) is 42.5 Å². The third-order valence-corrected chi connectivity index (χ3v) is 6.11. The van der Waals surface area contributed by atoms with E-state index in [0.29, 0.717) is 44.2 Å². The summed E-state index contributed by atoms with van der Waals surface area (Å²) in [5.41, 5.74) is 2.64. The summed E-state index contributed by atoms with van der Waals surface area (Å²) in [6, 6.07) is 13.6. The smallest absolute Gasteiger partial charge is 0.228 e. The van der Waals surface area contributed by atoms with Crippen molar-refractivity contribution in [3.05, 3.63) is 53.7 Å². The molecule has 0 bridgehead atoms. The largest absolute Gasteiger partial charge is 0.353 e. The topological polar surface area (TPSA) is 80.5 Å². The van der Waals surface area contributed by atoms with Gasteiger partial charge >= 0.3 is 0 Å². The number of rotatable bonds is 4. The van der Waals surface area contributed by atoms with Crippen molar-refractivity contribution >= 4 is 23.3 Å². The Kier molecular flexibility index (Phi) is 5.90. The van der Waals surface area contributed by atoms with Crippen LogP contribution in [0, 0.1) is 17.2 Å². The number of nitrogens with zero attached hydrogens (tertiary/aromatic N) is 5. The zero-order chi connectivity index (χ0) is 22.0. The summed E-state index contributed by atoms with van der Waals surface area (Å²) >= 11 is 0. The van der Waals surface area contributed by atoms with E-state index in [1.807, 2.05) is 17.0 Å². The molecule has 7 nitrogen and oxygen atoms in total. The summed E-state index contributed by atoms with van der Waals surface area (Å²) in [5, 5.41) is 9.08. The molecule has 0 spiro atoms. The van der Waals surface area contributed by atoms with Gasteiger partial charge in [-0.1, -0.05) is 26.0 Å². The predicted molar refractivity (Wildman–Crippen MR) is 119 cm³/mol. The minimum Gasteiger partial charge on any atom is -0.353 e. The van der Waals surface area contributed by atoms with Crippen LogP contribution in [0.5, 0.6) is 0 Å². The maximum absolute atomic E-state index is 13.1. The van der Waals surface area contributed by atoms with Crippen molar-refractivity contribution in [1.29, 1.82) is 5.26 Å². The number of amides is 2. The SMILES string of the molecule is CC(C)c1cccc(N2CC(C(=O)N3CCN(c4cc(C#N)ccn4)CC3)CC2=O)c1. The fraction of sp³-hybridized carbons (Fsp3) is 0.417. The third kappa shape index (κ3) is 4.38. The maximum atomic E-state index is 13.1. The Labute approximate surface area is 182 Å². The summed E-state index contributed by atoms with van der Waals surface area (Å²) in [7, 11) is 0. The Morgan fingerprint density at radius 1 is 1.16 bits per heavy atom. The van der Waals surface area contributed by atoms with Crippen molar-refractivity contribution in [2.45, 2.75) is 26.2 Å². The molecule has 2 saturated heterocycles. The fourth-order valence-corrected chi connectivity index (χ4v) is 4.25. The zero-order valence-corrected chi connectivity index (χ0v) is 18.0.